The van der Waals surface area contributed by atoms with Crippen LogP contribution in [0.25, 0.3) is 0 Å². The molecule has 0 amide bonds. The number of anilines is 1. The Morgan fingerprint density at radius 3 is 2.36 bits per heavy atom. The van der Waals surface area contributed by atoms with Crippen molar-refractivity contribution in [1.82, 2.24) is 0 Å². The SMILES string of the molecule is CCO.C[C@H](CO)N=Cc1ccccc1NS(=O)(=O)c1ccccc1[N+](=O)[O-]. The van der Waals surface area contributed by atoms with Crippen molar-refractivity contribution < 1.29 is 23.6 Å². The Morgan fingerprint density at radius 1 is 1.18 bits per heavy atom. The molecule has 2 aromatic rings. The lowest BCUT2D eigenvalue weighted by molar-refractivity contribution is -0.387. The fraction of sp³-hybridized carbons (Fsp3) is 0.278. The molecule has 0 spiro atoms. The third-order valence-corrected chi connectivity index (χ3v) is 4.70. The van der Waals surface area contributed by atoms with Gasteiger partial charge >= 0.3 is 0 Å². The summed E-state index contributed by atoms with van der Waals surface area (Å²) < 4.78 is 27.5. The summed E-state index contributed by atoms with van der Waals surface area (Å²) in [7, 11) is -4.16. The van der Waals surface area contributed by atoms with Crippen molar-refractivity contribution in [3.8, 4) is 0 Å². The fourth-order valence-electron chi connectivity index (χ4n) is 1.99. The van der Waals surface area contributed by atoms with E-state index in [-0.39, 0.29) is 24.9 Å². The molecule has 1 atom stereocenters. The first-order valence-corrected chi connectivity index (χ1v) is 9.85. The van der Waals surface area contributed by atoms with E-state index in [4.69, 9.17) is 10.2 Å². The van der Waals surface area contributed by atoms with E-state index >= 15 is 0 Å². The van der Waals surface area contributed by atoms with Gasteiger partial charge in [0, 0.05) is 24.5 Å². The fourth-order valence-corrected chi connectivity index (χ4v) is 3.25. The van der Waals surface area contributed by atoms with Crippen molar-refractivity contribution in [3.63, 3.8) is 0 Å². The van der Waals surface area contributed by atoms with Crippen molar-refractivity contribution >= 4 is 27.6 Å². The van der Waals surface area contributed by atoms with Crippen molar-refractivity contribution in [3.05, 3.63) is 64.2 Å². The molecule has 0 aliphatic heterocycles. The molecule has 0 unspecified atom stereocenters. The van der Waals surface area contributed by atoms with Gasteiger partial charge < -0.3 is 10.2 Å². The summed E-state index contributed by atoms with van der Waals surface area (Å²) in [5, 5.41) is 27.6. The number of hydrogen-bond donors (Lipinski definition) is 3. The maximum Gasteiger partial charge on any atom is 0.289 e. The van der Waals surface area contributed by atoms with Gasteiger partial charge in [0.1, 0.15) is 0 Å². The second kappa shape index (κ2) is 11.1. The highest BCUT2D eigenvalue weighted by atomic mass is 32.2. The van der Waals surface area contributed by atoms with Crippen molar-refractivity contribution in [1.29, 1.82) is 0 Å². The number of nitro benzene ring substituents is 1. The van der Waals surface area contributed by atoms with E-state index in [1.807, 2.05) is 0 Å². The van der Waals surface area contributed by atoms with Crippen LogP contribution in [0.15, 0.2) is 58.4 Å². The molecule has 0 radical (unpaired) electrons. The molecule has 10 heteroatoms. The van der Waals surface area contributed by atoms with Crippen LogP contribution in [0.2, 0.25) is 0 Å². The van der Waals surface area contributed by atoms with Crippen molar-refractivity contribution in [2.75, 3.05) is 17.9 Å². The molecule has 0 aliphatic carbocycles. The topological polar surface area (TPSA) is 142 Å². The van der Waals surface area contributed by atoms with Gasteiger partial charge in [-0.25, -0.2) is 8.42 Å². The number of rotatable bonds is 7. The number of aliphatic hydroxyl groups excluding tert-OH is 2. The molecule has 0 heterocycles. The predicted molar refractivity (Wildman–Crippen MR) is 107 cm³/mol. The van der Waals surface area contributed by atoms with E-state index in [0.29, 0.717) is 5.56 Å². The van der Waals surface area contributed by atoms with Gasteiger partial charge in [0.05, 0.1) is 23.3 Å². The Kier molecular flexibility index (Phi) is 9.22. The van der Waals surface area contributed by atoms with Crippen molar-refractivity contribution in [2.24, 2.45) is 4.99 Å². The minimum Gasteiger partial charge on any atom is -0.397 e. The van der Waals surface area contributed by atoms with E-state index in [1.165, 1.54) is 30.5 Å². The highest BCUT2D eigenvalue weighted by molar-refractivity contribution is 7.92. The van der Waals surface area contributed by atoms with Gasteiger partial charge in [-0.05, 0) is 26.0 Å². The molecule has 0 bridgehead atoms. The Balaban J connectivity index is 0.00000122. The standard InChI is InChI=1S/C16H17N3O5S.C2H6O/c1-12(11-20)17-10-13-6-2-3-7-14(13)18-25(23,24)16-9-5-4-8-15(16)19(21)22;1-2-3/h2-10,12,18,20H,11H2,1H3;3H,2H2,1H3/t12-;/m1./s1. The third-order valence-electron chi connectivity index (χ3n) is 3.29. The van der Waals surface area contributed by atoms with E-state index in [0.717, 1.165) is 6.07 Å². The molecule has 28 heavy (non-hydrogen) atoms. The van der Waals surface area contributed by atoms with E-state index < -0.39 is 25.5 Å². The number of para-hydroxylation sites is 2. The summed E-state index contributed by atoms with van der Waals surface area (Å²) in [4.78, 5) is 14.0. The Bertz CT molecular complexity index is 915. The monoisotopic (exact) mass is 409 g/mol. The predicted octanol–water partition coefficient (Wildman–Crippen LogP) is 2.19. The first-order valence-electron chi connectivity index (χ1n) is 8.37. The molecular formula is C18H23N3O6S. The zero-order valence-electron chi connectivity index (χ0n) is 15.5. The summed E-state index contributed by atoms with van der Waals surface area (Å²) in [6, 6.07) is 11.3. The van der Waals surface area contributed by atoms with Crippen LogP contribution in [0.1, 0.15) is 19.4 Å². The molecule has 0 aromatic heterocycles. The second-order valence-electron chi connectivity index (χ2n) is 5.54. The minimum absolute atomic E-state index is 0.138. The van der Waals surface area contributed by atoms with Gasteiger partial charge in [0.25, 0.3) is 15.7 Å². The lowest BCUT2D eigenvalue weighted by Crippen LogP contribution is -2.16. The van der Waals surface area contributed by atoms with E-state index in [1.54, 1.807) is 32.0 Å². The first-order chi connectivity index (χ1) is 13.3. The summed E-state index contributed by atoms with van der Waals surface area (Å²) in [6.45, 7) is 3.50. The molecule has 152 valence electrons. The normalized spacial score (nSPS) is 12.1. The van der Waals surface area contributed by atoms with E-state index in [2.05, 4.69) is 9.71 Å². The number of aliphatic imine (C=N–C) groups is 1. The number of aliphatic hydroxyl groups is 2. The smallest absolute Gasteiger partial charge is 0.289 e. The van der Waals surface area contributed by atoms with Gasteiger partial charge in [-0.1, -0.05) is 30.3 Å². The van der Waals surface area contributed by atoms with Gasteiger partial charge in [0.2, 0.25) is 0 Å². The van der Waals surface area contributed by atoms with Crippen LogP contribution in [-0.2, 0) is 10.0 Å². The molecule has 3 N–H and O–H groups in total. The number of nitro groups is 1. The molecule has 2 aromatic carbocycles. The molecule has 9 nitrogen and oxygen atoms in total. The zero-order chi connectivity index (χ0) is 21.2. The van der Waals surface area contributed by atoms with Crippen LogP contribution in [-0.4, -0.2) is 49.0 Å². The number of benzene rings is 2. The maximum absolute atomic E-state index is 12.6. The van der Waals surface area contributed by atoms with Gasteiger partial charge in [-0.2, -0.15) is 0 Å². The highest BCUT2D eigenvalue weighted by Gasteiger charge is 2.25. The number of nitrogens with zero attached hydrogens (tertiary/aromatic N) is 2. The van der Waals surface area contributed by atoms with Crippen LogP contribution in [0.3, 0.4) is 0 Å². The van der Waals surface area contributed by atoms with Crippen LogP contribution in [0, 0.1) is 10.1 Å². The largest absolute Gasteiger partial charge is 0.397 e. The molecule has 2 rings (SSSR count). The summed E-state index contributed by atoms with van der Waals surface area (Å²) >= 11 is 0. The lowest BCUT2D eigenvalue weighted by Gasteiger charge is -2.11. The van der Waals surface area contributed by atoms with Gasteiger partial charge in [0.15, 0.2) is 4.90 Å². The summed E-state index contributed by atoms with van der Waals surface area (Å²) in [5.74, 6) is 0. The van der Waals surface area contributed by atoms with Crippen LogP contribution < -0.4 is 4.72 Å². The molecular weight excluding hydrogens is 386 g/mol. The maximum atomic E-state index is 12.6. The Hall–Kier alpha value is -2.82. The number of sulfonamides is 1. The number of nitrogens with one attached hydrogen (secondary N) is 1. The average Bonchev–Trinajstić information content (AvgIpc) is 2.67. The van der Waals surface area contributed by atoms with Crippen LogP contribution >= 0.6 is 0 Å². The molecule has 0 saturated carbocycles. The Labute approximate surface area is 163 Å². The number of hydrogen-bond acceptors (Lipinski definition) is 7. The first kappa shape index (κ1) is 23.2. The minimum atomic E-state index is -4.16. The van der Waals surface area contributed by atoms with Gasteiger partial charge in [-0.3, -0.25) is 19.8 Å². The molecule has 0 aliphatic rings. The lowest BCUT2D eigenvalue weighted by atomic mass is 10.2. The highest BCUT2D eigenvalue weighted by Crippen LogP contribution is 2.26. The molecule has 0 saturated heterocycles. The quantitative estimate of drug-likeness (QED) is 0.363. The third kappa shape index (κ3) is 6.72. The summed E-state index contributed by atoms with van der Waals surface area (Å²) in [5.41, 5.74) is 0.203. The Morgan fingerprint density at radius 2 is 1.75 bits per heavy atom. The second-order valence-corrected chi connectivity index (χ2v) is 7.19. The van der Waals surface area contributed by atoms with Crippen molar-refractivity contribution in [2.45, 2.75) is 24.8 Å². The van der Waals surface area contributed by atoms with E-state index in [9.17, 15) is 18.5 Å². The van der Waals surface area contributed by atoms with Crippen LogP contribution in [0.4, 0.5) is 11.4 Å². The molecule has 0 fully saturated rings. The average molecular weight is 409 g/mol. The summed E-state index contributed by atoms with van der Waals surface area (Å²) in [6.07, 6.45) is 1.44. The zero-order valence-corrected chi connectivity index (χ0v) is 16.3. The van der Waals surface area contributed by atoms with Crippen LogP contribution in [0.5, 0.6) is 0 Å². The van der Waals surface area contributed by atoms with Gasteiger partial charge in [-0.15, -0.1) is 0 Å².